The van der Waals surface area contributed by atoms with Crippen LogP contribution >= 0.6 is 0 Å². The number of non-ortho nitro benzene ring substituents is 5. The van der Waals surface area contributed by atoms with Crippen molar-refractivity contribution in [2.24, 2.45) is 23.3 Å². The van der Waals surface area contributed by atoms with E-state index in [0.29, 0.717) is 98.0 Å². The smallest absolute Gasteiger partial charge is 0.269 e. The number of piperidine rings is 2. The molecule has 808 valence electrons. The fourth-order valence-corrected chi connectivity index (χ4v) is 17.1. The molecular weight excluding hydrogens is 2030 g/mol. The van der Waals surface area contributed by atoms with Crippen LogP contribution in [0.5, 0.6) is 0 Å². The number of anilines is 3. The van der Waals surface area contributed by atoms with Gasteiger partial charge in [-0.2, -0.15) is 8.42 Å². The van der Waals surface area contributed by atoms with Gasteiger partial charge in [0.15, 0.2) is 0 Å². The topological polar surface area (TPSA) is 598 Å². The van der Waals surface area contributed by atoms with Crippen LogP contribution in [-0.2, 0) is 141 Å². The van der Waals surface area contributed by atoms with Gasteiger partial charge >= 0.3 is 0 Å². The number of sulfone groups is 4. The lowest BCUT2D eigenvalue weighted by atomic mass is 9.98. The Morgan fingerprint density at radius 2 is 0.687 bits per heavy atom. The molecule has 0 bridgehead atoms. The maximum absolute atomic E-state index is 12.6. The number of benzene rings is 9. The molecule has 3 aliphatic rings. The van der Waals surface area contributed by atoms with Gasteiger partial charge in [-0.1, -0.05) is 143 Å². The number of nitrogens with two attached hydrogens (primary N) is 3. The van der Waals surface area contributed by atoms with Crippen LogP contribution in [0.25, 0.3) is 0 Å². The second-order valence-corrected chi connectivity index (χ2v) is 46.8. The number of amides is 2. The van der Waals surface area contributed by atoms with E-state index in [-0.39, 0.29) is 102 Å². The minimum Gasteiger partial charge on any atom is -0.399 e. The Hall–Kier alpha value is -14.3. The third-order valence-corrected chi connectivity index (χ3v) is 27.3. The number of hydrogen-bond donors (Lipinski definition) is 4. The molecule has 0 unspecified atom stereocenters. The standard InChI is InChI=1S/C25H34N2O3S.C15H10N2O4.C13H21N3.C12H16O3S.C9H11NO4S.C9H13NO2S.C8H9NO5S.C7H8N2O2.C7H7NO3.CH4/c1-19-12-15-27(16-13-19)25-23(9-4-20(2)26-25)10-11-24(28)18-22-7-5-21(6-8-22)14-17-31(3,29)30;18-14-12-3-1-2-4-13(12)15(19)16(14)9-10-5-7-11(8-6-10)17(20)21;1-10-5-7-16(8-6-10)13-12(9-14)4-3-11(2)15-13;1-10(13)9-12-5-3-11(4-6-12)7-8-16(2,14)15;1-15(13,14)7-6-8-2-4-9(5-3-8)10(11)12;1-13(11,12)7-6-8-2-4-9(10)5-3-8;1-15(12,13)14-6-7-2-4-8(5-3-7)9(10)11;8-5-6-1-3-7(4-2-6)9(10)11;9-5-6-1-3-7(4-2-6)8(10)11;/h4-9,19H,10-18H2,1-3H3;1-8H,9H2;3-4,10H,5-9,14H2,1-2H3;3-6H,7-9H2,1-2H3;2-5H,6-7H2,1H3;2-5H,6-7,10H2,1H3;2-5H,6H2,1H3;1-4H,5,8H2;1-4,9H,5H2;1H4. The van der Waals surface area contributed by atoms with Gasteiger partial charge in [-0.05, 0) is 212 Å². The molecule has 0 spiro atoms. The van der Waals surface area contributed by atoms with Crippen LogP contribution in [0.4, 0.5) is 45.8 Å². The Balaban J connectivity index is 0.000000302. The number of imide groups is 1. The van der Waals surface area contributed by atoms with Gasteiger partial charge in [0.2, 0.25) is 0 Å². The molecular formula is C106H133N13O26S5. The number of rotatable bonds is 34. The zero-order valence-corrected chi connectivity index (χ0v) is 88.9. The Labute approximate surface area is 876 Å². The highest BCUT2D eigenvalue weighted by molar-refractivity contribution is 7.91. The van der Waals surface area contributed by atoms with Gasteiger partial charge in [-0.3, -0.25) is 78.8 Å². The number of carbonyl (C=O) groups excluding carboxylic acids is 4. The average molecular weight is 2170 g/mol. The number of aliphatic hydroxyl groups excluding tert-OH is 1. The van der Waals surface area contributed by atoms with Crippen LogP contribution < -0.4 is 27.0 Å². The third-order valence-electron chi connectivity index (χ3n) is 23.0. The van der Waals surface area contributed by atoms with E-state index in [0.717, 1.165) is 117 Å². The van der Waals surface area contributed by atoms with Crippen LogP contribution in [-0.4, -0.2) is 191 Å². The number of carbonyl (C=O) groups is 4. The van der Waals surface area contributed by atoms with E-state index >= 15 is 0 Å². The number of hydrogen-bond acceptors (Lipinski definition) is 33. The summed E-state index contributed by atoms with van der Waals surface area (Å²) < 4.78 is 114. The summed E-state index contributed by atoms with van der Waals surface area (Å²) in [6, 6.07) is 66.6. The number of aromatic nitrogens is 2. The van der Waals surface area contributed by atoms with E-state index < -0.39 is 74.1 Å². The van der Waals surface area contributed by atoms with Crippen LogP contribution in [0, 0.1) is 76.3 Å². The lowest BCUT2D eigenvalue weighted by molar-refractivity contribution is -0.385. The number of nitro benzene ring substituents is 5. The summed E-state index contributed by atoms with van der Waals surface area (Å²) in [6.07, 6.45) is 14.8. The maximum Gasteiger partial charge on any atom is 0.269 e. The Kier molecular flexibility index (Phi) is 51.9. The van der Waals surface area contributed by atoms with Crippen molar-refractivity contribution < 1.29 is 95.2 Å². The molecule has 7 N–H and O–H groups in total. The summed E-state index contributed by atoms with van der Waals surface area (Å²) in [5.74, 6) is 4.00. The highest BCUT2D eigenvalue weighted by atomic mass is 32.2. The van der Waals surface area contributed by atoms with Crippen LogP contribution in [0.15, 0.2) is 243 Å². The normalized spacial score (nSPS) is 12.8. The SMILES string of the molecule is C.CC(=O)Cc1ccc(CCS(C)(=O)=O)cc1.CS(=O)(=O)CCc1ccc(N)cc1.CS(=O)(=O)CCc1ccc([N+](=O)[O-])cc1.CS(=O)(=O)OCc1ccc([N+](=O)[O-])cc1.Cc1ccc(CCC(=O)Cc2ccc(CCS(C)(=O)=O)cc2)c(N2CCC(C)CC2)n1.Cc1ccc(CN)c(N2CCC(C)CC2)n1.NCc1ccc([N+](=O)[O-])cc1.O=C1c2ccccc2C(=O)N1Cc1ccc([N+](=O)[O-])cc1.O=[N+]([O-])c1ccc(CO)cc1. The molecule has 39 nitrogen and oxygen atoms in total. The van der Waals surface area contributed by atoms with Crippen molar-refractivity contribution in [1.29, 1.82) is 0 Å². The second-order valence-electron chi connectivity index (χ2n) is 36.1. The Bertz CT molecular complexity index is 6730. The Morgan fingerprint density at radius 3 is 1.00 bits per heavy atom. The number of aryl methyl sites for hydroxylation is 7. The first-order chi connectivity index (χ1) is 70.0. The van der Waals surface area contributed by atoms with Gasteiger partial charge in [0.05, 0.1) is 84.8 Å². The molecule has 0 atom stereocenters. The summed E-state index contributed by atoms with van der Waals surface area (Å²) in [6.45, 7) is 15.4. The van der Waals surface area contributed by atoms with E-state index in [9.17, 15) is 112 Å². The first-order valence-corrected chi connectivity index (χ1v) is 57.2. The van der Waals surface area contributed by atoms with Crippen molar-refractivity contribution >= 4 is 119 Å². The molecule has 2 fully saturated rings. The molecule has 150 heavy (non-hydrogen) atoms. The van der Waals surface area contributed by atoms with Crippen molar-refractivity contribution in [2.75, 3.05) is 96.0 Å². The lowest BCUT2D eigenvalue weighted by Crippen LogP contribution is -2.34. The third kappa shape index (κ3) is 48.8. The van der Waals surface area contributed by atoms with Gasteiger partial charge in [0, 0.05) is 167 Å². The Morgan fingerprint density at radius 1 is 0.393 bits per heavy atom. The molecule has 2 aromatic heterocycles. The molecule has 0 saturated carbocycles. The minimum absolute atomic E-state index is 0. The molecule has 0 aliphatic carbocycles. The fraction of sp³-hybridized carbons (Fsp3) is 0.358. The van der Waals surface area contributed by atoms with Gasteiger partial charge in [-0.15, -0.1) is 0 Å². The van der Waals surface area contributed by atoms with Crippen molar-refractivity contribution in [3.63, 3.8) is 0 Å². The first-order valence-electron chi connectivity index (χ1n) is 47.2. The highest BCUT2D eigenvalue weighted by Crippen LogP contribution is 2.30. The largest absolute Gasteiger partial charge is 0.399 e. The number of nitrogen functional groups attached to an aromatic ring is 1. The number of pyridine rings is 2. The molecule has 11 aromatic rings. The number of fused-ring (bicyclic) bond motifs is 1. The summed E-state index contributed by atoms with van der Waals surface area (Å²) >= 11 is 0. The molecule has 2 saturated heterocycles. The summed E-state index contributed by atoms with van der Waals surface area (Å²) in [4.78, 5) is 112. The number of aliphatic hydroxyl groups is 1. The van der Waals surface area contributed by atoms with Crippen molar-refractivity contribution in [3.05, 3.63) is 383 Å². The highest BCUT2D eigenvalue weighted by Gasteiger charge is 2.35. The minimum atomic E-state index is -3.48. The number of nitrogens with zero attached hydrogens (tertiary/aromatic N) is 10. The summed E-state index contributed by atoms with van der Waals surface area (Å²) in [7, 11) is -15.2. The van der Waals surface area contributed by atoms with Crippen molar-refractivity contribution in [1.82, 2.24) is 14.9 Å². The van der Waals surface area contributed by atoms with Crippen LogP contribution in [0.2, 0.25) is 0 Å². The maximum atomic E-state index is 12.6. The lowest BCUT2D eigenvalue weighted by Gasteiger charge is -2.32. The van der Waals surface area contributed by atoms with Gasteiger partial charge in [0.25, 0.3) is 50.4 Å². The van der Waals surface area contributed by atoms with E-state index in [1.807, 2.05) is 86.6 Å². The second kappa shape index (κ2) is 61.6. The van der Waals surface area contributed by atoms with Gasteiger partial charge in [-0.25, -0.2) is 43.6 Å². The van der Waals surface area contributed by atoms with E-state index in [2.05, 4.69) is 44.9 Å². The van der Waals surface area contributed by atoms with E-state index in [1.54, 1.807) is 79.7 Å². The summed E-state index contributed by atoms with van der Waals surface area (Å²) in [5, 5.41) is 60.2. The predicted molar refractivity (Wildman–Crippen MR) is 582 cm³/mol. The number of Topliss-reactive ketones (excluding diaryl/α,β-unsaturated/α-hetero) is 2. The molecule has 3 aliphatic heterocycles. The quantitative estimate of drug-likeness (QED) is 0.00956. The molecule has 0 radical (unpaired) electrons. The van der Waals surface area contributed by atoms with Crippen molar-refractivity contribution in [3.8, 4) is 0 Å². The zero-order valence-electron chi connectivity index (χ0n) is 84.8. The van der Waals surface area contributed by atoms with Gasteiger partial charge in [0.1, 0.15) is 62.6 Å². The molecule has 2 amide bonds. The van der Waals surface area contributed by atoms with Crippen LogP contribution in [0.3, 0.4) is 0 Å². The average Bonchev–Trinajstić information content (AvgIpc) is 1.61. The molecule has 14 rings (SSSR count). The zero-order chi connectivity index (χ0) is 111. The summed E-state index contributed by atoms with van der Waals surface area (Å²) in [5.41, 5.74) is 31.0. The molecule has 9 aromatic carbocycles. The fourth-order valence-electron chi connectivity index (χ4n) is 14.3. The van der Waals surface area contributed by atoms with Gasteiger partial charge < -0.3 is 32.1 Å². The number of nitro groups is 5. The van der Waals surface area contributed by atoms with E-state index in [4.69, 9.17) is 27.3 Å². The molecule has 44 heteroatoms. The first kappa shape index (κ1) is 126. The molecule has 5 heterocycles. The monoisotopic (exact) mass is 2160 g/mol. The van der Waals surface area contributed by atoms with Crippen LogP contribution in [0.1, 0.15) is 159 Å². The van der Waals surface area contributed by atoms with Crippen molar-refractivity contribution in [2.45, 2.75) is 152 Å². The number of ketones is 2. The van der Waals surface area contributed by atoms with E-state index in [1.165, 1.54) is 141 Å². The predicted octanol–water partition coefficient (Wildman–Crippen LogP) is 15.7.